The molecule has 0 radical (unpaired) electrons. The summed E-state index contributed by atoms with van der Waals surface area (Å²) in [6.07, 6.45) is 7.69. The van der Waals surface area contributed by atoms with E-state index in [-0.39, 0.29) is 0 Å². The van der Waals surface area contributed by atoms with E-state index < -0.39 is 0 Å². The van der Waals surface area contributed by atoms with Crippen molar-refractivity contribution >= 4 is 5.82 Å². The minimum Gasteiger partial charge on any atom is -0.383 e. The molecule has 114 valence electrons. The van der Waals surface area contributed by atoms with Crippen molar-refractivity contribution in [3.05, 3.63) is 22.4 Å². The predicted molar refractivity (Wildman–Crippen MR) is 82.9 cm³/mol. The number of aryl methyl sites for hydroxylation is 1. The molecule has 4 rings (SSSR count). The molecular weight excluding hydrogens is 262 g/mol. The highest BCUT2D eigenvalue weighted by Gasteiger charge is 2.29. The number of nitrogens with two attached hydrogens (primary N) is 1. The standard InChI is InChI=1S/C17H25N3O/c18-17-15-11-21-10-14(15)13-8-12(4-5-16(13)19-17)9-20-6-2-1-3-7-20/h12H,1-11H2,(H2,18,19)/t12-/m0/s1. The lowest BCUT2D eigenvalue weighted by Crippen LogP contribution is -2.36. The number of nitrogen functional groups attached to an aromatic ring is 1. The van der Waals surface area contributed by atoms with Crippen LogP contribution in [0.3, 0.4) is 0 Å². The second-order valence-electron chi connectivity index (χ2n) is 6.84. The highest BCUT2D eigenvalue weighted by Crippen LogP contribution is 2.35. The Bertz CT molecular complexity index is 537. The van der Waals surface area contributed by atoms with Crippen LogP contribution in [0.5, 0.6) is 0 Å². The van der Waals surface area contributed by atoms with E-state index in [9.17, 15) is 0 Å². The number of rotatable bonds is 2. The van der Waals surface area contributed by atoms with Crippen molar-refractivity contribution < 1.29 is 4.74 Å². The first-order chi connectivity index (χ1) is 10.3. The summed E-state index contributed by atoms with van der Waals surface area (Å²) in [5, 5.41) is 0. The van der Waals surface area contributed by atoms with E-state index in [1.165, 1.54) is 68.6 Å². The van der Waals surface area contributed by atoms with Gasteiger partial charge in [0.25, 0.3) is 0 Å². The second-order valence-corrected chi connectivity index (χ2v) is 6.84. The van der Waals surface area contributed by atoms with E-state index >= 15 is 0 Å². The van der Waals surface area contributed by atoms with Crippen LogP contribution in [-0.2, 0) is 30.8 Å². The monoisotopic (exact) mass is 287 g/mol. The summed E-state index contributed by atoms with van der Waals surface area (Å²) >= 11 is 0. The van der Waals surface area contributed by atoms with Gasteiger partial charge in [-0.15, -0.1) is 0 Å². The average molecular weight is 287 g/mol. The lowest BCUT2D eigenvalue weighted by Gasteiger charge is -2.33. The maximum Gasteiger partial charge on any atom is 0.129 e. The van der Waals surface area contributed by atoms with Crippen molar-refractivity contribution in [2.24, 2.45) is 5.92 Å². The summed E-state index contributed by atoms with van der Waals surface area (Å²) in [5.41, 5.74) is 11.3. The van der Waals surface area contributed by atoms with Gasteiger partial charge in [0.05, 0.1) is 13.2 Å². The van der Waals surface area contributed by atoms with Crippen molar-refractivity contribution in [1.29, 1.82) is 0 Å². The maximum absolute atomic E-state index is 6.08. The van der Waals surface area contributed by atoms with Gasteiger partial charge in [0.15, 0.2) is 0 Å². The van der Waals surface area contributed by atoms with Crippen LogP contribution in [0, 0.1) is 5.92 Å². The van der Waals surface area contributed by atoms with Crippen LogP contribution >= 0.6 is 0 Å². The van der Waals surface area contributed by atoms with E-state index in [4.69, 9.17) is 10.5 Å². The van der Waals surface area contributed by atoms with E-state index in [1.807, 2.05) is 0 Å². The first-order valence-electron chi connectivity index (χ1n) is 8.40. The summed E-state index contributed by atoms with van der Waals surface area (Å²) < 4.78 is 5.62. The number of likely N-dealkylation sites (tertiary alicyclic amines) is 1. The third-order valence-electron chi connectivity index (χ3n) is 5.38. The Kier molecular flexibility index (Phi) is 3.59. The van der Waals surface area contributed by atoms with Gasteiger partial charge >= 0.3 is 0 Å². The van der Waals surface area contributed by atoms with Crippen LogP contribution in [0.15, 0.2) is 0 Å². The van der Waals surface area contributed by atoms with Gasteiger partial charge in [-0.3, -0.25) is 0 Å². The maximum atomic E-state index is 6.08. The molecule has 3 aliphatic rings. The van der Waals surface area contributed by atoms with Crippen molar-refractivity contribution in [1.82, 2.24) is 9.88 Å². The van der Waals surface area contributed by atoms with Crippen LogP contribution in [0.1, 0.15) is 48.1 Å². The number of aromatic nitrogens is 1. The van der Waals surface area contributed by atoms with E-state index in [0.29, 0.717) is 12.4 Å². The molecule has 3 heterocycles. The molecule has 1 aromatic rings. The van der Waals surface area contributed by atoms with E-state index in [0.717, 1.165) is 24.5 Å². The van der Waals surface area contributed by atoms with Crippen molar-refractivity contribution in [2.75, 3.05) is 25.4 Å². The quantitative estimate of drug-likeness (QED) is 0.906. The summed E-state index contributed by atoms with van der Waals surface area (Å²) in [6.45, 7) is 5.24. The Morgan fingerprint density at radius 1 is 1.10 bits per heavy atom. The summed E-state index contributed by atoms with van der Waals surface area (Å²) in [7, 11) is 0. The smallest absolute Gasteiger partial charge is 0.129 e. The van der Waals surface area contributed by atoms with Gasteiger partial charge in [-0.1, -0.05) is 6.42 Å². The Morgan fingerprint density at radius 2 is 1.90 bits per heavy atom. The average Bonchev–Trinajstić information content (AvgIpc) is 3.00. The molecule has 0 spiro atoms. The van der Waals surface area contributed by atoms with Gasteiger partial charge in [0.2, 0.25) is 0 Å². The highest BCUT2D eigenvalue weighted by molar-refractivity contribution is 5.52. The Morgan fingerprint density at radius 3 is 2.76 bits per heavy atom. The molecule has 4 nitrogen and oxygen atoms in total. The molecule has 0 aromatic carbocycles. The van der Waals surface area contributed by atoms with Gasteiger partial charge in [0.1, 0.15) is 5.82 Å². The van der Waals surface area contributed by atoms with Crippen LogP contribution < -0.4 is 5.73 Å². The molecule has 0 unspecified atom stereocenters. The number of nitrogens with zero attached hydrogens (tertiary/aromatic N) is 2. The predicted octanol–water partition coefficient (Wildman–Crippen LogP) is 2.28. The molecule has 21 heavy (non-hydrogen) atoms. The second kappa shape index (κ2) is 5.58. The fraction of sp³-hybridized carbons (Fsp3) is 0.706. The lowest BCUT2D eigenvalue weighted by atomic mass is 9.83. The molecule has 2 aliphatic heterocycles. The zero-order chi connectivity index (χ0) is 14.2. The van der Waals surface area contributed by atoms with Crippen LogP contribution in [-0.4, -0.2) is 29.5 Å². The Labute approximate surface area is 126 Å². The van der Waals surface area contributed by atoms with Crippen molar-refractivity contribution in [3.8, 4) is 0 Å². The molecule has 2 N–H and O–H groups in total. The summed E-state index contributed by atoms with van der Waals surface area (Å²) in [6, 6.07) is 0. The largest absolute Gasteiger partial charge is 0.383 e. The molecular formula is C17H25N3O. The molecule has 1 aliphatic carbocycles. The molecule has 1 aromatic heterocycles. The van der Waals surface area contributed by atoms with E-state index in [1.54, 1.807) is 0 Å². The highest BCUT2D eigenvalue weighted by atomic mass is 16.5. The molecule has 0 saturated carbocycles. The topological polar surface area (TPSA) is 51.4 Å². The molecule has 1 saturated heterocycles. The van der Waals surface area contributed by atoms with Gasteiger partial charge in [-0.25, -0.2) is 4.98 Å². The van der Waals surface area contributed by atoms with Crippen molar-refractivity contribution in [3.63, 3.8) is 0 Å². The SMILES string of the molecule is Nc1nc2c(c3c1COC3)C[C@@H](CN1CCCCC1)CC2. The number of fused-ring (bicyclic) bond motifs is 3. The number of pyridine rings is 1. The zero-order valence-corrected chi connectivity index (χ0v) is 12.7. The van der Waals surface area contributed by atoms with Gasteiger partial charge in [-0.2, -0.15) is 0 Å². The molecule has 0 amide bonds. The minimum atomic E-state index is 0.651. The van der Waals surface area contributed by atoms with Crippen molar-refractivity contribution in [2.45, 2.75) is 51.7 Å². The first kappa shape index (κ1) is 13.5. The number of hydrogen-bond acceptors (Lipinski definition) is 4. The number of ether oxygens (including phenoxy) is 1. The summed E-state index contributed by atoms with van der Waals surface area (Å²) in [5.74, 6) is 1.49. The third kappa shape index (κ3) is 2.55. The molecule has 0 bridgehead atoms. The molecule has 1 fully saturated rings. The fourth-order valence-electron chi connectivity index (χ4n) is 4.22. The number of anilines is 1. The molecule has 4 heteroatoms. The third-order valence-corrected chi connectivity index (χ3v) is 5.38. The van der Waals surface area contributed by atoms with E-state index in [2.05, 4.69) is 9.88 Å². The summed E-state index contributed by atoms with van der Waals surface area (Å²) in [4.78, 5) is 7.32. The Hall–Kier alpha value is -1.13. The van der Waals surface area contributed by atoms with Gasteiger partial charge in [-0.05, 0) is 62.2 Å². The zero-order valence-electron chi connectivity index (χ0n) is 12.7. The Balaban J connectivity index is 1.53. The number of piperidine rings is 1. The lowest BCUT2D eigenvalue weighted by molar-refractivity contribution is 0.134. The van der Waals surface area contributed by atoms with Crippen LogP contribution in [0.25, 0.3) is 0 Å². The van der Waals surface area contributed by atoms with Gasteiger partial charge < -0.3 is 15.4 Å². The fourth-order valence-corrected chi connectivity index (χ4v) is 4.22. The first-order valence-corrected chi connectivity index (χ1v) is 8.40. The van der Waals surface area contributed by atoms with Crippen LogP contribution in [0.4, 0.5) is 5.82 Å². The van der Waals surface area contributed by atoms with Gasteiger partial charge in [0, 0.05) is 17.8 Å². The number of hydrogen-bond donors (Lipinski definition) is 1. The minimum absolute atomic E-state index is 0.651. The van der Waals surface area contributed by atoms with Crippen LogP contribution in [0.2, 0.25) is 0 Å². The normalized spacial score (nSPS) is 25.6. The molecule has 1 atom stereocenters.